The highest BCUT2D eigenvalue weighted by Crippen LogP contribution is 2.29. The lowest BCUT2D eigenvalue weighted by molar-refractivity contribution is 0.502. The number of aromatic nitrogens is 2. The molecule has 3 rings (SSSR count). The SMILES string of the molecule is CC(Cc1cccs1)n1c(N)nc2ccc(F)c(F)c21. The van der Waals surface area contributed by atoms with E-state index >= 15 is 0 Å². The number of nitrogen functional groups attached to an aromatic ring is 1. The molecule has 6 heteroatoms. The third-order valence-electron chi connectivity index (χ3n) is 3.29. The summed E-state index contributed by atoms with van der Waals surface area (Å²) in [4.78, 5) is 5.27. The number of fused-ring (bicyclic) bond motifs is 1. The lowest BCUT2D eigenvalue weighted by atomic mass is 10.2. The van der Waals surface area contributed by atoms with Crippen LogP contribution in [0.5, 0.6) is 0 Å². The molecule has 3 nitrogen and oxygen atoms in total. The van der Waals surface area contributed by atoms with E-state index in [1.165, 1.54) is 6.07 Å². The molecule has 20 heavy (non-hydrogen) atoms. The van der Waals surface area contributed by atoms with Gasteiger partial charge >= 0.3 is 0 Å². The van der Waals surface area contributed by atoms with E-state index in [1.807, 2.05) is 24.4 Å². The van der Waals surface area contributed by atoms with Gasteiger partial charge in [-0.2, -0.15) is 0 Å². The van der Waals surface area contributed by atoms with Gasteiger partial charge in [0, 0.05) is 17.3 Å². The number of imidazole rings is 1. The van der Waals surface area contributed by atoms with Crippen molar-refractivity contribution in [1.29, 1.82) is 0 Å². The Hall–Kier alpha value is -1.95. The first-order valence-electron chi connectivity index (χ1n) is 6.21. The summed E-state index contributed by atoms with van der Waals surface area (Å²) in [6.07, 6.45) is 0.698. The number of rotatable bonds is 3. The Kier molecular flexibility index (Phi) is 3.17. The van der Waals surface area contributed by atoms with Gasteiger partial charge in [0.15, 0.2) is 11.6 Å². The Bertz CT molecular complexity index is 749. The number of halogens is 2. The van der Waals surface area contributed by atoms with E-state index in [1.54, 1.807) is 15.9 Å². The molecule has 0 radical (unpaired) electrons. The Balaban J connectivity index is 2.10. The summed E-state index contributed by atoms with van der Waals surface area (Å²) < 4.78 is 29.0. The molecule has 2 N–H and O–H groups in total. The third kappa shape index (κ3) is 2.06. The summed E-state index contributed by atoms with van der Waals surface area (Å²) in [6.45, 7) is 1.92. The van der Waals surface area contributed by atoms with Crippen molar-refractivity contribution >= 4 is 28.3 Å². The maximum Gasteiger partial charge on any atom is 0.201 e. The minimum atomic E-state index is -0.898. The predicted octanol–water partition coefficient (Wildman–Crippen LogP) is 3.76. The van der Waals surface area contributed by atoms with Gasteiger partial charge in [-0.25, -0.2) is 13.8 Å². The predicted molar refractivity (Wildman–Crippen MR) is 76.8 cm³/mol. The zero-order chi connectivity index (χ0) is 14.3. The summed E-state index contributed by atoms with van der Waals surface area (Å²) in [5.41, 5.74) is 6.37. The Labute approximate surface area is 118 Å². The number of hydrogen-bond donors (Lipinski definition) is 1. The number of benzene rings is 1. The average Bonchev–Trinajstić information content (AvgIpc) is 3.01. The maximum atomic E-state index is 14.0. The molecule has 0 saturated heterocycles. The van der Waals surface area contributed by atoms with Gasteiger partial charge in [0.1, 0.15) is 5.52 Å². The fraction of sp³-hybridized carbons (Fsp3) is 0.214. The molecule has 0 aliphatic rings. The Morgan fingerprint density at radius 1 is 1.35 bits per heavy atom. The van der Waals surface area contributed by atoms with Crippen LogP contribution in [0.25, 0.3) is 11.0 Å². The highest BCUT2D eigenvalue weighted by atomic mass is 32.1. The maximum absolute atomic E-state index is 14.0. The van der Waals surface area contributed by atoms with Crippen molar-refractivity contribution in [3.8, 4) is 0 Å². The van der Waals surface area contributed by atoms with Crippen LogP contribution in [0, 0.1) is 11.6 Å². The molecule has 0 amide bonds. The molecule has 1 aromatic carbocycles. The summed E-state index contributed by atoms with van der Waals surface area (Å²) in [7, 11) is 0. The minimum Gasteiger partial charge on any atom is -0.369 e. The van der Waals surface area contributed by atoms with Crippen LogP contribution in [0.2, 0.25) is 0 Å². The molecular formula is C14H13F2N3S. The largest absolute Gasteiger partial charge is 0.369 e. The number of nitrogens with two attached hydrogens (primary N) is 1. The fourth-order valence-electron chi connectivity index (χ4n) is 2.40. The van der Waals surface area contributed by atoms with Gasteiger partial charge in [-0.1, -0.05) is 6.07 Å². The smallest absolute Gasteiger partial charge is 0.201 e. The van der Waals surface area contributed by atoms with Gasteiger partial charge in [-0.15, -0.1) is 11.3 Å². The normalized spacial score (nSPS) is 12.9. The summed E-state index contributed by atoms with van der Waals surface area (Å²) in [6, 6.07) is 6.38. The van der Waals surface area contributed by atoms with Crippen LogP contribution in [0.3, 0.4) is 0 Å². The van der Waals surface area contributed by atoms with Crippen molar-refractivity contribution in [2.24, 2.45) is 0 Å². The van der Waals surface area contributed by atoms with Crippen LogP contribution in [-0.2, 0) is 6.42 Å². The highest BCUT2D eigenvalue weighted by Gasteiger charge is 2.20. The summed E-state index contributed by atoms with van der Waals surface area (Å²) >= 11 is 1.62. The van der Waals surface area contributed by atoms with Crippen LogP contribution < -0.4 is 5.73 Å². The van der Waals surface area contributed by atoms with E-state index < -0.39 is 11.6 Å². The third-order valence-corrected chi connectivity index (χ3v) is 4.19. The van der Waals surface area contributed by atoms with Crippen LogP contribution >= 0.6 is 11.3 Å². The number of thiophene rings is 1. The quantitative estimate of drug-likeness (QED) is 0.799. The zero-order valence-electron chi connectivity index (χ0n) is 10.8. The molecule has 0 bridgehead atoms. The number of nitrogens with zero attached hydrogens (tertiary/aromatic N) is 2. The second-order valence-electron chi connectivity index (χ2n) is 4.70. The van der Waals surface area contributed by atoms with Crippen LogP contribution in [-0.4, -0.2) is 9.55 Å². The van der Waals surface area contributed by atoms with Gasteiger partial charge in [-0.3, -0.25) is 0 Å². The molecular weight excluding hydrogens is 280 g/mol. The number of anilines is 1. The molecule has 3 aromatic rings. The molecule has 104 valence electrons. The molecule has 0 aliphatic heterocycles. The first kappa shape index (κ1) is 13.1. The molecule has 0 saturated carbocycles. The second kappa shape index (κ2) is 4.86. The highest BCUT2D eigenvalue weighted by molar-refractivity contribution is 7.09. The van der Waals surface area contributed by atoms with E-state index in [2.05, 4.69) is 4.98 Å². The van der Waals surface area contributed by atoms with Crippen LogP contribution in [0.4, 0.5) is 14.7 Å². The van der Waals surface area contributed by atoms with Gasteiger partial charge in [0.2, 0.25) is 5.95 Å². The van der Waals surface area contributed by atoms with Crippen LogP contribution in [0.15, 0.2) is 29.6 Å². The van der Waals surface area contributed by atoms with E-state index in [0.29, 0.717) is 11.9 Å². The van der Waals surface area contributed by atoms with Gasteiger partial charge < -0.3 is 10.3 Å². The first-order valence-corrected chi connectivity index (χ1v) is 7.09. The number of hydrogen-bond acceptors (Lipinski definition) is 3. The summed E-state index contributed by atoms with van der Waals surface area (Å²) in [5.74, 6) is -1.58. The topological polar surface area (TPSA) is 43.8 Å². The Morgan fingerprint density at radius 3 is 2.85 bits per heavy atom. The van der Waals surface area contributed by atoms with Gasteiger partial charge in [0.25, 0.3) is 0 Å². The standard InChI is InChI=1S/C14H13F2N3S/c1-8(7-9-3-2-6-20-9)19-13-11(18-14(19)17)5-4-10(15)12(13)16/h2-6,8H,7H2,1H3,(H2,17,18). The van der Waals surface area contributed by atoms with Crippen molar-refractivity contribution in [2.45, 2.75) is 19.4 Å². The van der Waals surface area contributed by atoms with Crippen molar-refractivity contribution in [2.75, 3.05) is 5.73 Å². The molecule has 0 fully saturated rings. The van der Waals surface area contributed by atoms with Crippen molar-refractivity contribution in [3.63, 3.8) is 0 Å². The van der Waals surface area contributed by atoms with Crippen molar-refractivity contribution in [1.82, 2.24) is 9.55 Å². The van der Waals surface area contributed by atoms with E-state index in [-0.39, 0.29) is 17.5 Å². The van der Waals surface area contributed by atoms with E-state index in [4.69, 9.17) is 5.73 Å². The first-order chi connectivity index (χ1) is 9.58. The second-order valence-corrected chi connectivity index (χ2v) is 5.73. The lowest BCUT2D eigenvalue weighted by Gasteiger charge is -2.15. The average molecular weight is 293 g/mol. The molecule has 0 spiro atoms. The Morgan fingerprint density at radius 2 is 2.15 bits per heavy atom. The summed E-state index contributed by atoms with van der Waals surface area (Å²) in [5, 5.41) is 1.98. The molecule has 2 aromatic heterocycles. The molecule has 0 aliphatic carbocycles. The lowest BCUT2D eigenvalue weighted by Crippen LogP contribution is -2.11. The molecule has 1 atom stereocenters. The van der Waals surface area contributed by atoms with Crippen molar-refractivity contribution in [3.05, 3.63) is 46.2 Å². The van der Waals surface area contributed by atoms with Gasteiger partial charge in [-0.05, 0) is 30.5 Å². The monoisotopic (exact) mass is 293 g/mol. The van der Waals surface area contributed by atoms with E-state index in [9.17, 15) is 8.78 Å². The minimum absolute atomic E-state index is 0.102. The van der Waals surface area contributed by atoms with Crippen LogP contribution in [0.1, 0.15) is 17.8 Å². The molecule has 2 heterocycles. The zero-order valence-corrected chi connectivity index (χ0v) is 11.6. The fourth-order valence-corrected chi connectivity index (χ4v) is 3.22. The van der Waals surface area contributed by atoms with E-state index in [0.717, 1.165) is 10.9 Å². The molecule has 1 unspecified atom stereocenters. The van der Waals surface area contributed by atoms with Crippen molar-refractivity contribution < 1.29 is 8.78 Å². The van der Waals surface area contributed by atoms with Gasteiger partial charge in [0.05, 0.1) is 5.52 Å².